The first-order valence-electron chi connectivity index (χ1n) is 6.79. The lowest BCUT2D eigenvalue weighted by Crippen LogP contribution is -2.41. The van der Waals surface area contributed by atoms with E-state index in [1.807, 2.05) is 36.2 Å². The maximum absolute atomic E-state index is 12.3. The van der Waals surface area contributed by atoms with Crippen molar-refractivity contribution in [2.75, 3.05) is 27.2 Å². The third kappa shape index (κ3) is 3.70. The number of rotatable bonds is 4. The van der Waals surface area contributed by atoms with Gasteiger partial charge in [-0.2, -0.15) is 0 Å². The Morgan fingerprint density at radius 2 is 2.37 bits per heavy atom. The summed E-state index contributed by atoms with van der Waals surface area (Å²) in [5.41, 5.74) is 1.10. The quantitative estimate of drug-likeness (QED) is 0.897. The summed E-state index contributed by atoms with van der Waals surface area (Å²) < 4.78 is 5.20. The molecule has 1 aromatic rings. The number of piperidine rings is 1. The molecule has 4 nitrogen and oxygen atoms in total. The van der Waals surface area contributed by atoms with Gasteiger partial charge in [0.15, 0.2) is 0 Å². The monoisotopic (exact) mass is 262 g/mol. The summed E-state index contributed by atoms with van der Waals surface area (Å²) in [6.07, 6.45) is 2.08. The summed E-state index contributed by atoms with van der Waals surface area (Å²) in [6.45, 7) is 2.47. The zero-order valence-corrected chi connectivity index (χ0v) is 11.7. The third-order valence-electron chi connectivity index (χ3n) is 3.58. The van der Waals surface area contributed by atoms with Crippen LogP contribution in [0.3, 0.4) is 0 Å². The Kier molecular flexibility index (Phi) is 4.80. The Morgan fingerprint density at radius 1 is 1.53 bits per heavy atom. The van der Waals surface area contributed by atoms with Gasteiger partial charge in [0, 0.05) is 20.1 Å². The van der Waals surface area contributed by atoms with Gasteiger partial charge in [-0.15, -0.1) is 0 Å². The fraction of sp³-hybridized carbons (Fsp3) is 0.533. The highest BCUT2D eigenvalue weighted by Crippen LogP contribution is 2.17. The number of nitrogens with one attached hydrogen (secondary N) is 1. The second-order valence-corrected chi connectivity index (χ2v) is 5.09. The van der Waals surface area contributed by atoms with Crippen LogP contribution in [0.5, 0.6) is 5.75 Å². The van der Waals surface area contributed by atoms with Crippen LogP contribution in [-0.4, -0.2) is 38.1 Å². The topological polar surface area (TPSA) is 41.6 Å². The van der Waals surface area contributed by atoms with E-state index in [0.717, 1.165) is 37.2 Å². The second-order valence-electron chi connectivity index (χ2n) is 5.09. The van der Waals surface area contributed by atoms with Gasteiger partial charge in [-0.3, -0.25) is 4.79 Å². The molecule has 1 aromatic carbocycles. The molecule has 4 heteroatoms. The normalized spacial score (nSPS) is 18.9. The van der Waals surface area contributed by atoms with Crippen molar-refractivity contribution < 1.29 is 9.53 Å². The van der Waals surface area contributed by atoms with Crippen molar-refractivity contribution in [2.45, 2.75) is 19.4 Å². The van der Waals surface area contributed by atoms with Crippen LogP contribution in [-0.2, 0) is 11.3 Å². The maximum atomic E-state index is 12.3. The Hall–Kier alpha value is -1.55. The highest BCUT2D eigenvalue weighted by molar-refractivity contribution is 5.78. The van der Waals surface area contributed by atoms with E-state index in [4.69, 9.17) is 4.74 Å². The number of carbonyl (C=O) groups is 1. The average molecular weight is 262 g/mol. The molecule has 0 radical (unpaired) electrons. The van der Waals surface area contributed by atoms with Gasteiger partial charge >= 0.3 is 0 Å². The van der Waals surface area contributed by atoms with E-state index < -0.39 is 0 Å². The van der Waals surface area contributed by atoms with Gasteiger partial charge in [-0.05, 0) is 37.1 Å². The maximum Gasteiger partial charge on any atom is 0.227 e. The Morgan fingerprint density at radius 3 is 3.05 bits per heavy atom. The predicted molar refractivity (Wildman–Crippen MR) is 75.1 cm³/mol. The molecule has 1 atom stereocenters. The number of amides is 1. The summed E-state index contributed by atoms with van der Waals surface area (Å²) in [5.74, 6) is 1.19. The number of benzene rings is 1. The summed E-state index contributed by atoms with van der Waals surface area (Å²) in [5, 5.41) is 3.29. The molecule has 2 rings (SSSR count). The molecular weight excluding hydrogens is 240 g/mol. The smallest absolute Gasteiger partial charge is 0.227 e. The molecule has 0 bridgehead atoms. The van der Waals surface area contributed by atoms with Gasteiger partial charge < -0.3 is 15.0 Å². The zero-order valence-electron chi connectivity index (χ0n) is 11.7. The fourth-order valence-electron chi connectivity index (χ4n) is 2.50. The van der Waals surface area contributed by atoms with E-state index in [9.17, 15) is 4.79 Å². The van der Waals surface area contributed by atoms with Crippen molar-refractivity contribution in [1.29, 1.82) is 0 Å². The van der Waals surface area contributed by atoms with Crippen LogP contribution in [0.2, 0.25) is 0 Å². The van der Waals surface area contributed by atoms with E-state index in [1.54, 1.807) is 7.11 Å². The van der Waals surface area contributed by atoms with Crippen LogP contribution in [0.15, 0.2) is 24.3 Å². The van der Waals surface area contributed by atoms with Gasteiger partial charge in [0.05, 0.1) is 13.0 Å². The standard InChI is InChI=1S/C15H22N2O2/c1-17(15(18)13-6-4-8-16-10-13)11-12-5-3-7-14(9-12)19-2/h3,5,7,9,13,16H,4,6,8,10-11H2,1-2H3/t13-/m0/s1. The van der Waals surface area contributed by atoms with Crippen LogP contribution in [0.1, 0.15) is 18.4 Å². The summed E-state index contributed by atoms with van der Waals surface area (Å²) in [7, 11) is 3.53. The van der Waals surface area contributed by atoms with Crippen molar-refractivity contribution in [3.63, 3.8) is 0 Å². The van der Waals surface area contributed by atoms with Crippen LogP contribution in [0.4, 0.5) is 0 Å². The molecule has 1 fully saturated rings. The number of hydrogen-bond acceptors (Lipinski definition) is 3. The van der Waals surface area contributed by atoms with Gasteiger partial charge in [-0.1, -0.05) is 12.1 Å². The average Bonchev–Trinajstić information content (AvgIpc) is 2.47. The van der Waals surface area contributed by atoms with Crippen molar-refractivity contribution in [3.05, 3.63) is 29.8 Å². The summed E-state index contributed by atoms with van der Waals surface area (Å²) in [6, 6.07) is 7.86. The SMILES string of the molecule is COc1cccc(CN(C)C(=O)[C@H]2CCCNC2)c1. The first-order valence-corrected chi connectivity index (χ1v) is 6.79. The lowest BCUT2D eigenvalue weighted by Gasteiger charge is -2.27. The highest BCUT2D eigenvalue weighted by atomic mass is 16.5. The van der Waals surface area contributed by atoms with Crippen molar-refractivity contribution >= 4 is 5.91 Å². The Labute approximate surface area is 114 Å². The van der Waals surface area contributed by atoms with Gasteiger partial charge in [0.25, 0.3) is 0 Å². The Balaban J connectivity index is 1.95. The van der Waals surface area contributed by atoms with Crippen molar-refractivity contribution in [3.8, 4) is 5.75 Å². The fourth-order valence-corrected chi connectivity index (χ4v) is 2.50. The molecule has 1 aliphatic rings. The predicted octanol–water partition coefficient (Wildman–Crippen LogP) is 1.65. The minimum atomic E-state index is 0.129. The van der Waals surface area contributed by atoms with E-state index >= 15 is 0 Å². The van der Waals surface area contributed by atoms with Crippen molar-refractivity contribution in [1.82, 2.24) is 10.2 Å². The second kappa shape index (κ2) is 6.57. The molecule has 1 aliphatic heterocycles. The van der Waals surface area contributed by atoms with Crippen LogP contribution < -0.4 is 10.1 Å². The third-order valence-corrected chi connectivity index (χ3v) is 3.58. The molecule has 19 heavy (non-hydrogen) atoms. The molecule has 1 N–H and O–H groups in total. The van der Waals surface area contributed by atoms with Gasteiger partial charge in [0.2, 0.25) is 5.91 Å². The zero-order chi connectivity index (χ0) is 13.7. The number of carbonyl (C=O) groups excluding carboxylic acids is 1. The van der Waals surface area contributed by atoms with Gasteiger partial charge in [-0.25, -0.2) is 0 Å². The summed E-state index contributed by atoms with van der Waals surface area (Å²) >= 11 is 0. The molecule has 0 aliphatic carbocycles. The first-order chi connectivity index (χ1) is 9.20. The minimum absolute atomic E-state index is 0.129. The molecule has 1 saturated heterocycles. The minimum Gasteiger partial charge on any atom is -0.497 e. The molecule has 0 unspecified atom stereocenters. The van der Waals surface area contributed by atoms with Crippen molar-refractivity contribution in [2.24, 2.45) is 5.92 Å². The summed E-state index contributed by atoms with van der Waals surface area (Å²) in [4.78, 5) is 14.1. The Bertz CT molecular complexity index is 428. The van der Waals surface area contributed by atoms with E-state index in [1.165, 1.54) is 0 Å². The number of nitrogens with zero attached hydrogens (tertiary/aromatic N) is 1. The lowest BCUT2D eigenvalue weighted by atomic mass is 9.98. The molecule has 0 aromatic heterocycles. The van der Waals surface area contributed by atoms with E-state index in [-0.39, 0.29) is 11.8 Å². The number of methoxy groups -OCH3 is 1. The number of ether oxygens (including phenoxy) is 1. The van der Waals surface area contributed by atoms with Crippen LogP contribution >= 0.6 is 0 Å². The highest BCUT2D eigenvalue weighted by Gasteiger charge is 2.23. The van der Waals surface area contributed by atoms with Crippen LogP contribution in [0, 0.1) is 5.92 Å². The molecule has 0 spiro atoms. The lowest BCUT2D eigenvalue weighted by molar-refractivity contribution is -0.135. The molecule has 0 saturated carbocycles. The molecule has 1 amide bonds. The molecule has 1 heterocycles. The van der Waals surface area contributed by atoms with E-state index in [0.29, 0.717) is 6.54 Å². The van der Waals surface area contributed by atoms with Crippen LogP contribution in [0.25, 0.3) is 0 Å². The largest absolute Gasteiger partial charge is 0.497 e. The molecular formula is C15H22N2O2. The first kappa shape index (κ1) is 13.9. The van der Waals surface area contributed by atoms with Gasteiger partial charge in [0.1, 0.15) is 5.75 Å². The molecule has 104 valence electrons. The number of hydrogen-bond donors (Lipinski definition) is 1. The van der Waals surface area contributed by atoms with E-state index in [2.05, 4.69) is 5.32 Å².